The summed E-state index contributed by atoms with van der Waals surface area (Å²) >= 11 is 11.6. The minimum absolute atomic E-state index is 0.408. The molecule has 1 atom stereocenters. The average Bonchev–Trinajstić information content (AvgIpc) is 2.57. The van der Waals surface area contributed by atoms with Gasteiger partial charge in [0.2, 0.25) is 0 Å². The van der Waals surface area contributed by atoms with Crippen LogP contribution in [0.5, 0.6) is 5.75 Å². The van der Waals surface area contributed by atoms with Crippen LogP contribution in [0.2, 0.25) is 10.0 Å². The van der Waals surface area contributed by atoms with Gasteiger partial charge >= 0.3 is 5.97 Å². The van der Waals surface area contributed by atoms with Crippen molar-refractivity contribution < 1.29 is 19.1 Å². The third kappa shape index (κ3) is 5.96. The zero-order valence-corrected chi connectivity index (χ0v) is 15.2. The van der Waals surface area contributed by atoms with Gasteiger partial charge in [-0.25, -0.2) is 4.79 Å². The summed E-state index contributed by atoms with van der Waals surface area (Å²) in [7, 11) is 0. The summed E-state index contributed by atoms with van der Waals surface area (Å²) in [6, 6.07) is 11.7. The highest BCUT2D eigenvalue weighted by Gasteiger charge is 2.18. The summed E-state index contributed by atoms with van der Waals surface area (Å²) in [5.41, 5.74) is 1.42. The van der Waals surface area contributed by atoms with Gasteiger partial charge in [-0.2, -0.15) is 0 Å². The molecule has 0 heterocycles. The van der Waals surface area contributed by atoms with E-state index >= 15 is 0 Å². The Morgan fingerprint density at radius 3 is 2.36 bits per heavy atom. The number of carbonyl (C=O) groups is 2. The second-order valence-corrected chi connectivity index (χ2v) is 6.20. The number of nitrogens with one attached hydrogen (secondary N) is 1. The Balaban J connectivity index is 1.82. The molecule has 0 aliphatic rings. The zero-order valence-electron chi connectivity index (χ0n) is 13.7. The first-order valence-electron chi connectivity index (χ1n) is 7.50. The lowest BCUT2D eigenvalue weighted by atomic mass is 10.2. The Morgan fingerprint density at radius 1 is 1.08 bits per heavy atom. The van der Waals surface area contributed by atoms with E-state index in [9.17, 15) is 9.59 Å². The van der Waals surface area contributed by atoms with Gasteiger partial charge in [0.25, 0.3) is 5.91 Å². The van der Waals surface area contributed by atoms with E-state index in [1.54, 1.807) is 42.5 Å². The molecule has 2 aromatic carbocycles. The van der Waals surface area contributed by atoms with E-state index in [0.29, 0.717) is 21.5 Å². The fourth-order valence-corrected chi connectivity index (χ4v) is 2.33. The van der Waals surface area contributed by atoms with Crippen molar-refractivity contribution in [3.8, 4) is 5.75 Å². The van der Waals surface area contributed by atoms with Crippen molar-refractivity contribution in [1.29, 1.82) is 0 Å². The monoisotopic (exact) mass is 381 g/mol. The standard InChI is InChI=1S/C18H17Cl2NO4/c1-11-9-14(20)5-8-16(11)21-17(22)10-24-18(23)12(2)25-15-6-3-13(19)4-7-15/h3-9,12H,10H2,1-2H3,(H,21,22). The van der Waals surface area contributed by atoms with Gasteiger partial charge in [-0.1, -0.05) is 23.2 Å². The van der Waals surface area contributed by atoms with Crippen LogP contribution in [-0.2, 0) is 14.3 Å². The molecule has 0 bridgehead atoms. The second kappa shape index (κ2) is 8.74. The van der Waals surface area contributed by atoms with E-state index in [-0.39, 0.29) is 0 Å². The van der Waals surface area contributed by atoms with Crippen LogP contribution in [0.1, 0.15) is 12.5 Å². The first-order chi connectivity index (χ1) is 11.8. The van der Waals surface area contributed by atoms with Gasteiger partial charge in [0, 0.05) is 15.7 Å². The van der Waals surface area contributed by atoms with E-state index in [1.807, 2.05) is 6.92 Å². The normalized spacial score (nSPS) is 11.5. The van der Waals surface area contributed by atoms with Crippen LogP contribution in [0, 0.1) is 6.92 Å². The Hall–Kier alpha value is -2.24. The summed E-state index contributed by atoms with van der Waals surface area (Å²) in [4.78, 5) is 23.8. The molecule has 0 radical (unpaired) electrons. The van der Waals surface area contributed by atoms with Crippen molar-refractivity contribution in [2.24, 2.45) is 0 Å². The second-order valence-electron chi connectivity index (χ2n) is 5.33. The predicted octanol–water partition coefficient (Wildman–Crippen LogP) is 4.25. The molecular weight excluding hydrogens is 365 g/mol. The molecule has 0 fully saturated rings. The molecule has 1 amide bonds. The number of benzene rings is 2. The first-order valence-corrected chi connectivity index (χ1v) is 8.25. The molecular formula is C18H17Cl2NO4. The highest BCUT2D eigenvalue weighted by atomic mass is 35.5. The Kier molecular flexibility index (Phi) is 6.67. The number of carbonyl (C=O) groups excluding carboxylic acids is 2. The van der Waals surface area contributed by atoms with Crippen LogP contribution < -0.4 is 10.1 Å². The molecule has 0 spiro atoms. The minimum Gasteiger partial charge on any atom is -0.479 e. The van der Waals surface area contributed by atoms with Gasteiger partial charge in [-0.3, -0.25) is 4.79 Å². The van der Waals surface area contributed by atoms with Crippen LogP contribution in [0.15, 0.2) is 42.5 Å². The number of halogens is 2. The van der Waals surface area contributed by atoms with Gasteiger partial charge in [0.15, 0.2) is 12.7 Å². The number of esters is 1. The molecule has 0 aliphatic carbocycles. The molecule has 0 aromatic heterocycles. The highest BCUT2D eigenvalue weighted by molar-refractivity contribution is 6.31. The Bertz CT molecular complexity index is 762. The lowest BCUT2D eigenvalue weighted by Gasteiger charge is -2.14. The van der Waals surface area contributed by atoms with E-state index in [2.05, 4.69) is 5.32 Å². The molecule has 0 aliphatic heterocycles. The van der Waals surface area contributed by atoms with Crippen LogP contribution in [-0.4, -0.2) is 24.6 Å². The van der Waals surface area contributed by atoms with Crippen molar-refractivity contribution in [3.05, 3.63) is 58.1 Å². The molecule has 2 rings (SSSR count). The number of rotatable bonds is 6. The SMILES string of the molecule is Cc1cc(Cl)ccc1NC(=O)COC(=O)C(C)Oc1ccc(Cl)cc1. The number of anilines is 1. The Labute approximate surface area is 155 Å². The number of aryl methyl sites for hydroxylation is 1. The molecule has 132 valence electrons. The van der Waals surface area contributed by atoms with Crippen LogP contribution >= 0.6 is 23.2 Å². The lowest BCUT2D eigenvalue weighted by molar-refractivity contribution is -0.153. The fourth-order valence-electron chi connectivity index (χ4n) is 1.97. The number of amides is 1. The maximum Gasteiger partial charge on any atom is 0.347 e. The third-order valence-electron chi connectivity index (χ3n) is 3.27. The summed E-state index contributed by atoms with van der Waals surface area (Å²) in [6.07, 6.45) is -0.855. The maximum atomic E-state index is 11.9. The van der Waals surface area contributed by atoms with Crippen LogP contribution in [0.3, 0.4) is 0 Å². The number of ether oxygens (including phenoxy) is 2. The summed E-state index contributed by atoms with van der Waals surface area (Å²) < 4.78 is 10.4. The average molecular weight is 382 g/mol. The number of hydrogen-bond donors (Lipinski definition) is 1. The molecule has 2 aromatic rings. The zero-order chi connectivity index (χ0) is 18.4. The van der Waals surface area contributed by atoms with E-state index in [4.69, 9.17) is 32.7 Å². The molecule has 5 nitrogen and oxygen atoms in total. The lowest BCUT2D eigenvalue weighted by Crippen LogP contribution is -2.29. The quantitative estimate of drug-likeness (QED) is 0.759. The minimum atomic E-state index is -0.855. The maximum absolute atomic E-state index is 11.9. The highest BCUT2D eigenvalue weighted by Crippen LogP contribution is 2.19. The fraction of sp³-hybridized carbons (Fsp3) is 0.222. The van der Waals surface area contributed by atoms with Crippen molar-refractivity contribution in [3.63, 3.8) is 0 Å². The predicted molar refractivity (Wildman–Crippen MR) is 97.3 cm³/mol. The third-order valence-corrected chi connectivity index (χ3v) is 3.75. The van der Waals surface area contributed by atoms with E-state index < -0.39 is 24.6 Å². The topological polar surface area (TPSA) is 64.6 Å². The van der Waals surface area contributed by atoms with Gasteiger partial charge in [0.05, 0.1) is 0 Å². The van der Waals surface area contributed by atoms with E-state index in [0.717, 1.165) is 5.56 Å². The van der Waals surface area contributed by atoms with Crippen molar-refractivity contribution in [1.82, 2.24) is 0 Å². The molecule has 0 saturated carbocycles. The number of hydrogen-bond acceptors (Lipinski definition) is 4. The summed E-state index contributed by atoms with van der Waals surface area (Å²) in [6.45, 7) is 2.95. The largest absolute Gasteiger partial charge is 0.479 e. The Morgan fingerprint density at radius 2 is 1.72 bits per heavy atom. The van der Waals surface area contributed by atoms with Crippen LogP contribution in [0.4, 0.5) is 5.69 Å². The smallest absolute Gasteiger partial charge is 0.347 e. The van der Waals surface area contributed by atoms with Crippen molar-refractivity contribution in [2.75, 3.05) is 11.9 Å². The summed E-state index contributed by atoms with van der Waals surface area (Å²) in [5, 5.41) is 3.80. The van der Waals surface area contributed by atoms with Gasteiger partial charge in [-0.15, -0.1) is 0 Å². The first kappa shape index (κ1) is 19.1. The van der Waals surface area contributed by atoms with E-state index in [1.165, 1.54) is 6.92 Å². The molecule has 1 N–H and O–H groups in total. The molecule has 1 unspecified atom stereocenters. The van der Waals surface area contributed by atoms with Crippen molar-refractivity contribution >= 4 is 40.8 Å². The van der Waals surface area contributed by atoms with Crippen molar-refractivity contribution in [2.45, 2.75) is 20.0 Å². The molecule has 0 saturated heterocycles. The van der Waals surface area contributed by atoms with Gasteiger partial charge in [0.1, 0.15) is 5.75 Å². The summed E-state index contributed by atoms with van der Waals surface area (Å²) in [5.74, 6) is -0.606. The van der Waals surface area contributed by atoms with Gasteiger partial charge in [-0.05, 0) is 61.9 Å². The molecule has 7 heteroatoms. The van der Waals surface area contributed by atoms with Gasteiger partial charge < -0.3 is 14.8 Å². The molecule has 25 heavy (non-hydrogen) atoms. The van der Waals surface area contributed by atoms with Crippen LogP contribution in [0.25, 0.3) is 0 Å².